The minimum absolute atomic E-state index is 0.175. The zero-order chi connectivity index (χ0) is 15.2. The molecular formula is C15H19N3O2S. The van der Waals surface area contributed by atoms with Gasteiger partial charge < -0.3 is 4.74 Å². The highest BCUT2D eigenvalue weighted by molar-refractivity contribution is 7.15. The van der Waals surface area contributed by atoms with Gasteiger partial charge in [-0.25, -0.2) is 0 Å². The molecule has 0 spiro atoms. The SMILES string of the molecule is COCc1ccc(C(=O)Nc2nnc(CC(C)C)s2)cc1. The van der Waals surface area contributed by atoms with Gasteiger partial charge in [0, 0.05) is 19.1 Å². The average Bonchev–Trinajstić information content (AvgIpc) is 2.86. The molecule has 0 radical (unpaired) electrons. The average molecular weight is 305 g/mol. The molecule has 6 heteroatoms. The molecule has 1 N–H and O–H groups in total. The summed E-state index contributed by atoms with van der Waals surface area (Å²) in [6.07, 6.45) is 0.874. The summed E-state index contributed by atoms with van der Waals surface area (Å²) in [5.41, 5.74) is 1.62. The number of rotatable bonds is 6. The lowest BCUT2D eigenvalue weighted by Gasteiger charge is -2.03. The van der Waals surface area contributed by atoms with Crippen molar-refractivity contribution in [3.63, 3.8) is 0 Å². The first-order chi connectivity index (χ1) is 10.1. The van der Waals surface area contributed by atoms with Gasteiger partial charge in [0.1, 0.15) is 5.01 Å². The molecular weight excluding hydrogens is 286 g/mol. The number of hydrogen-bond acceptors (Lipinski definition) is 5. The van der Waals surface area contributed by atoms with Crippen molar-refractivity contribution < 1.29 is 9.53 Å². The van der Waals surface area contributed by atoms with Gasteiger partial charge in [0.2, 0.25) is 5.13 Å². The Labute approximate surface area is 128 Å². The van der Waals surface area contributed by atoms with E-state index in [1.165, 1.54) is 11.3 Å². The van der Waals surface area contributed by atoms with E-state index in [-0.39, 0.29) is 5.91 Å². The second-order valence-corrected chi connectivity index (χ2v) is 6.25. The zero-order valence-corrected chi connectivity index (χ0v) is 13.2. The lowest BCUT2D eigenvalue weighted by molar-refractivity contribution is 0.102. The van der Waals surface area contributed by atoms with E-state index in [0.29, 0.717) is 23.2 Å². The van der Waals surface area contributed by atoms with Crippen molar-refractivity contribution in [1.29, 1.82) is 0 Å². The van der Waals surface area contributed by atoms with Crippen LogP contribution in [0.1, 0.15) is 34.8 Å². The lowest BCUT2D eigenvalue weighted by Crippen LogP contribution is -2.11. The number of carbonyl (C=O) groups excluding carboxylic acids is 1. The van der Waals surface area contributed by atoms with Crippen molar-refractivity contribution in [2.24, 2.45) is 5.92 Å². The number of ether oxygens (including phenoxy) is 1. The molecule has 0 fully saturated rings. The molecule has 2 aromatic rings. The van der Waals surface area contributed by atoms with Crippen LogP contribution in [0, 0.1) is 5.92 Å². The summed E-state index contributed by atoms with van der Waals surface area (Å²) >= 11 is 1.42. The number of carbonyl (C=O) groups is 1. The predicted octanol–water partition coefficient (Wildman–Crippen LogP) is 3.14. The third-order valence-corrected chi connectivity index (χ3v) is 3.66. The monoisotopic (exact) mass is 305 g/mol. The van der Waals surface area contributed by atoms with E-state index in [4.69, 9.17) is 4.74 Å². The van der Waals surface area contributed by atoms with E-state index in [1.807, 2.05) is 12.1 Å². The van der Waals surface area contributed by atoms with Crippen molar-refractivity contribution in [3.8, 4) is 0 Å². The van der Waals surface area contributed by atoms with Gasteiger partial charge >= 0.3 is 0 Å². The van der Waals surface area contributed by atoms with Crippen molar-refractivity contribution in [1.82, 2.24) is 10.2 Å². The number of hydrogen-bond donors (Lipinski definition) is 1. The second-order valence-electron chi connectivity index (χ2n) is 5.18. The fraction of sp³-hybridized carbons (Fsp3) is 0.400. The number of nitrogens with one attached hydrogen (secondary N) is 1. The van der Waals surface area contributed by atoms with Crippen LogP contribution in [0.25, 0.3) is 0 Å². The molecule has 0 saturated carbocycles. The Bertz CT molecular complexity index is 593. The molecule has 1 aromatic carbocycles. The lowest BCUT2D eigenvalue weighted by atomic mass is 10.1. The summed E-state index contributed by atoms with van der Waals surface area (Å²) in [4.78, 5) is 12.1. The maximum atomic E-state index is 12.1. The Morgan fingerprint density at radius 1 is 1.29 bits per heavy atom. The van der Waals surface area contributed by atoms with E-state index < -0.39 is 0 Å². The van der Waals surface area contributed by atoms with E-state index in [2.05, 4.69) is 29.4 Å². The fourth-order valence-corrected chi connectivity index (χ4v) is 2.77. The maximum absolute atomic E-state index is 12.1. The largest absolute Gasteiger partial charge is 0.380 e. The Hall–Kier alpha value is -1.79. The van der Waals surface area contributed by atoms with Crippen molar-refractivity contribution in [2.45, 2.75) is 26.9 Å². The van der Waals surface area contributed by atoms with Crippen LogP contribution >= 0.6 is 11.3 Å². The third kappa shape index (κ3) is 4.61. The predicted molar refractivity (Wildman–Crippen MR) is 83.6 cm³/mol. The first-order valence-corrected chi connectivity index (χ1v) is 7.61. The normalized spacial score (nSPS) is 10.9. The standard InChI is InChI=1S/C15H19N3O2S/c1-10(2)8-13-17-18-15(21-13)16-14(19)12-6-4-11(5-7-12)9-20-3/h4-7,10H,8-9H2,1-3H3,(H,16,18,19). The Kier molecular flexibility index (Phi) is 5.41. The van der Waals surface area contributed by atoms with Crippen LogP contribution in [0.2, 0.25) is 0 Å². The van der Waals surface area contributed by atoms with Crippen LogP contribution in [-0.4, -0.2) is 23.2 Å². The number of amides is 1. The fourth-order valence-electron chi connectivity index (χ4n) is 1.82. The number of benzene rings is 1. The van der Waals surface area contributed by atoms with Crippen molar-refractivity contribution >= 4 is 22.4 Å². The van der Waals surface area contributed by atoms with Crippen LogP contribution in [0.3, 0.4) is 0 Å². The minimum Gasteiger partial charge on any atom is -0.380 e. The molecule has 0 aliphatic rings. The molecule has 0 atom stereocenters. The third-order valence-electron chi connectivity index (χ3n) is 2.80. The topological polar surface area (TPSA) is 64.1 Å². The van der Waals surface area contributed by atoms with Crippen molar-refractivity contribution in [2.75, 3.05) is 12.4 Å². The Morgan fingerprint density at radius 3 is 2.62 bits per heavy atom. The van der Waals surface area contributed by atoms with Gasteiger partial charge in [-0.1, -0.05) is 37.3 Å². The molecule has 1 amide bonds. The second kappa shape index (κ2) is 7.28. The van der Waals surface area contributed by atoms with Gasteiger partial charge in [-0.15, -0.1) is 10.2 Å². The van der Waals surface area contributed by atoms with Gasteiger partial charge in [0.25, 0.3) is 5.91 Å². The van der Waals surface area contributed by atoms with Crippen LogP contribution in [0.4, 0.5) is 5.13 Å². The number of anilines is 1. The van der Waals surface area contributed by atoms with Gasteiger partial charge in [-0.2, -0.15) is 0 Å². The summed E-state index contributed by atoms with van der Waals surface area (Å²) < 4.78 is 5.04. The molecule has 2 rings (SSSR count). The summed E-state index contributed by atoms with van der Waals surface area (Å²) in [6.45, 7) is 4.79. The van der Waals surface area contributed by atoms with E-state index in [1.54, 1.807) is 19.2 Å². The quantitative estimate of drug-likeness (QED) is 0.890. The molecule has 0 saturated heterocycles. The Morgan fingerprint density at radius 2 is 2.00 bits per heavy atom. The molecule has 0 unspecified atom stereocenters. The number of aromatic nitrogens is 2. The highest BCUT2D eigenvalue weighted by Gasteiger charge is 2.11. The van der Waals surface area contributed by atoms with Gasteiger partial charge in [-0.05, 0) is 23.6 Å². The molecule has 1 aromatic heterocycles. The van der Waals surface area contributed by atoms with Crippen molar-refractivity contribution in [3.05, 3.63) is 40.4 Å². The molecule has 0 aliphatic heterocycles. The van der Waals surface area contributed by atoms with Crippen LogP contribution in [0.5, 0.6) is 0 Å². The molecule has 112 valence electrons. The number of nitrogens with zero attached hydrogens (tertiary/aromatic N) is 2. The highest BCUT2D eigenvalue weighted by atomic mass is 32.1. The van der Waals surface area contributed by atoms with Gasteiger partial charge in [0.05, 0.1) is 6.61 Å². The van der Waals surface area contributed by atoms with Crippen LogP contribution in [-0.2, 0) is 17.8 Å². The summed E-state index contributed by atoms with van der Waals surface area (Å²) in [5, 5.41) is 12.3. The molecule has 5 nitrogen and oxygen atoms in total. The van der Waals surface area contributed by atoms with Gasteiger partial charge in [0.15, 0.2) is 0 Å². The molecule has 1 heterocycles. The van der Waals surface area contributed by atoms with E-state index in [9.17, 15) is 4.79 Å². The molecule has 21 heavy (non-hydrogen) atoms. The van der Waals surface area contributed by atoms with E-state index in [0.717, 1.165) is 17.0 Å². The maximum Gasteiger partial charge on any atom is 0.257 e. The molecule has 0 aliphatic carbocycles. The van der Waals surface area contributed by atoms with Gasteiger partial charge in [-0.3, -0.25) is 10.1 Å². The Balaban J connectivity index is 1.98. The summed E-state index contributed by atoms with van der Waals surface area (Å²) in [7, 11) is 1.64. The smallest absolute Gasteiger partial charge is 0.257 e. The first kappa shape index (κ1) is 15.6. The van der Waals surface area contributed by atoms with Crippen LogP contribution < -0.4 is 5.32 Å². The molecule has 0 bridgehead atoms. The van der Waals surface area contributed by atoms with E-state index >= 15 is 0 Å². The zero-order valence-electron chi connectivity index (χ0n) is 12.4. The minimum atomic E-state index is -0.175. The van der Waals surface area contributed by atoms with Crippen LogP contribution in [0.15, 0.2) is 24.3 Å². The number of methoxy groups -OCH3 is 1. The first-order valence-electron chi connectivity index (χ1n) is 6.80. The summed E-state index contributed by atoms with van der Waals surface area (Å²) in [5.74, 6) is 0.348. The highest BCUT2D eigenvalue weighted by Crippen LogP contribution is 2.19. The summed E-state index contributed by atoms with van der Waals surface area (Å²) in [6, 6.07) is 7.31.